The Kier molecular flexibility index (Phi) is 4.43. The largest absolute Gasteiger partial charge is 0.309 e. The summed E-state index contributed by atoms with van der Waals surface area (Å²) >= 11 is 3.79. The van der Waals surface area contributed by atoms with Gasteiger partial charge in [0.05, 0.1) is 11.0 Å². The third-order valence-corrected chi connectivity index (χ3v) is 10.4. The minimum Gasteiger partial charge on any atom is -0.309 e. The zero-order chi connectivity index (χ0) is 25.5. The van der Waals surface area contributed by atoms with Crippen LogP contribution in [0.4, 0.5) is 0 Å². The van der Waals surface area contributed by atoms with Crippen molar-refractivity contribution < 1.29 is 0 Å². The number of hydrogen-bond donors (Lipinski definition) is 0. The highest BCUT2D eigenvalue weighted by molar-refractivity contribution is 7.27. The summed E-state index contributed by atoms with van der Waals surface area (Å²) in [6, 6.07) is 46.8. The summed E-state index contributed by atoms with van der Waals surface area (Å²) in [6.07, 6.45) is 0. The van der Waals surface area contributed by atoms with Crippen LogP contribution in [0.2, 0.25) is 0 Å². The van der Waals surface area contributed by atoms with Gasteiger partial charge in [-0.2, -0.15) is 0 Å². The highest BCUT2D eigenvalue weighted by atomic mass is 32.1. The molecule has 39 heavy (non-hydrogen) atoms. The van der Waals surface area contributed by atoms with E-state index in [0.29, 0.717) is 0 Å². The zero-order valence-electron chi connectivity index (χ0n) is 20.9. The Bertz CT molecular complexity index is 2380. The average molecular weight is 532 g/mol. The summed E-state index contributed by atoms with van der Waals surface area (Å²) < 4.78 is 7.84. The summed E-state index contributed by atoms with van der Waals surface area (Å²) in [7, 11) is 0. The molecule has 0 saturated carbocycles. The second-order valence-electron chi connectivity index (χ2n) is 10.1. The van der Waals surface area contributed by atoms with Gasteiger partial charge in [0.1, 0.15) is 0 Å². The number of para-hydroxylation sites is 1. The molecule has 182 valence electrons. The first-order valence-electron chi connectivity index (χ1n) is 13.2. The van der Waals surface area contributed by atoms with E-state index in [9.17, 15) is 0 Å². The highest BCUT2D eigenvalue weighted by Gasteiger charge is 2.17. The zero-order valence-corrected chi connectivity index (χ0v) is 22.5. The molecule has 3 aromatic heterocycles. The van der Waals surface area contributed by atoms with Crippen LogP contribution in [0.3, 0.4) is 0 Å². The minimum atomic E-state index is 1.19. The fourth-order valence-corrected chi connectivity index (χ4v) is 8.77. The Morgan fingerprint density at radius 1 is 0.410 bits per heavy atom. The molecule has 6 aromatic carbocycles. The van der Waals surface area contributed by atoms with Crippen molar-refractivity contribution in [2.24, 2.45) is 0 Å². The van der Waals surface area contributed by atoms with Crippen molar-refractivity contribution in [3.8, 4) is 16.8 Å². The number of fused-ring (bicyclic) bond motifs is 10. The Morgan fingerprint density at radius 2 is 1.03 bits per heavy atom. The van der Waals surface area contributed by atoms with Gasteiger partial charge in [-0.05, 0) is 47.5 Å². The van der Waals surface area contributed by atoms with Gasteiger partial charge in [-0.25, -0.2) is 0 Å². The number of thiophene rings is 2. The van der Waals surface area contributed by atoms with E-state index in [4.69, 9.17) is 0 Å². The normalized spacial score (nSPS) is 12.1. The first-order valence-corrected chi connectivity index (χ1v) is 14.8. The molecule has 0 saturated heterocycles. The lowest BCUT2D eigenvalue weighted by Gasteiger charge is -2.10. The molecule has 0 aliphatic heterocycles. The molecule has 0 spiro atoms. The van der Waals surface area contributed by atoms with Gasteiger partial charge in [0.25, 0.3) is 0 Å². The Labute approximate surface area is 232 Å². The van der Waals surface area contributed by atoms with Gasteiger partial charge in [-0.1, -0.05) is 91.0 Å². The molecule has 0 fully saturated rings. The van der Waals surface area contributed by atoms with E-state index < -0.39 is 0 Å². The van der Waals surface area contributed by atoms with Crippen molar-refractivity contribution in [2.75, 3.05) is 0 Å². The van der Waals surface area contributed by atoms with E-state index in [1.807, 2.05) is 22.7 Å². The van der Waals surface area contributed by atoms with Crippen molar-refractivity contribution in [2.45, 2.75) is 0 Å². The van der Waals surface area contributed by atoms with Crippen LogP contribution < -0.4 is 0 Å². The monoisotopic (exact) mass is 531 g/mol. The first-order chi connectivity index (χ1) is 19.3. The van der Waals surface area contributed by atoms with Crippen molar-refractivity contribution in [1.29, 1.82) is 0 Å². The lowest BCUT2D eigenvalue weighted by Crippen LogP contribution is -1.93. The number of benzene rings is 6. The number of aromatic nitrogens is 1. The number of hydrogen-bond acceptors (Lipinski definition) is 2. The SMILES string of the molecule is c1ccc2c(c1)sc1c(-c3ccc(-n4c5ccccc5c5c6sc7ccccc7c6ccc54)cc3)cccc12. The molecular weight excluding hydrogens is 511 g/mol. The maximum absolute atomic E-state index is 2.43. The molecule has 0 aliphatic rings. The Balaban J connectivity index is 1.27. The molecule has 3 heteroatoms. The van der Waals surface area contributed by atoms with Crippen LogP contribution in [-0.4, -0.2) is 4.57 Å². The number of rotatable bonds is 2. The smallest absolute Gasteiger partial charge is 0.0555 e. The molecule has 0 bridgehead atoms. The number of nitrogens with zero attached hydrogens (tertiary/aromatic N) is 1. The third kappa shape index (κ3) is 3.00. The topological polar surface area (TPSA) is 4.93 Å². The van der Waals surface area contributed by atoms with Crippen LogP contribution in [0.5, 0.6) is 0 Å². The summed E-state index contributed by atoms with van der Waals surface area (Å²) in [4.78, 5) is 0. The molecular formula is C36H21NS2. The van der Waals surface area contributed by atoms with E-state index >= 15 is 0 Å². The molecule has 0 N–H and O–H groups in total. The molecule has 1 nitrogen and oxygen atoms in total. The fourth-order valence-electron chi connectivity index (χ4n) is 6.28. The van der Waals surface area contributed by atoms with Crippen molar-refractivity contribution >= 4 is 84.8 Å². The lowest BCUT2D eigenvalue weighted by molar-refractivity contribution is 1.18. The average Bonchev–Trinajstić information content (AvgIpc) is 3.66. The molecule has 9 aromatic rings. The van der Waals surface area contributed by atoms with Gasteiger partial charge in [-0.15, -0.1) is 22.7 Å². The minimum absolute atomic E-state index is 1.19. The van der Waals surface area contributed by atoms with E-state index in [2.05, 4.69) is 132 Å². The Hall–Kier alpha value is -4.44. The maximum Gasteiger partial charge on any atom is 0.0555 e. The molecule has 0 aliphatic carbocycles. The lowest BCUT2D eigenvalue weighted by atomic mass is 10.0. The van der Waals surface area contributed by atoms with Gasteiger partial charge >= 0.3 is 0 Å². The summed E-state index contributed by atoms with van der Waals surface area (Å²) in [5.74, 6) is 0. The van der Waals surface area contributed by atoms with Gasteiger partial charge in [0.15, 0.2) is 0 Å². The van der Waals surface area contributed by atoms with Crippen molar-refractivity contribution in [1.82, 2.24) is 4.57 Å². The highest BCUT2D eigenvalue weighted by Crippen LogP contribution is 2.44. The quantitative estimate of drug-likeness (QED) is 0.209. The van der Waals surface area contributed by atoms with Crippen LogP contribution in [0.15, 0.2) is 127 Å². The van der Waals surface area contributed by atoms with E-state index in [1.54, 1.807) is 0 Å². The second kappa shape index (κ2) is 8.03. The van der Waals surface area contributed by atoms with Crippen LogP contribution in [0, 0.1) is 0 Å². The molecule has 0 atom stereocenters. The van der Waals surface area contributed by atoms with Crippen LogP contribution >= 0.6 is 22.7 Å². The molecule has 0 radical (unpaired) electrons. The standard InChI is InChI=1S/C36H21NS2/c1-4-13-30-29(10-1)34-31(21-20-28-26-9-3-6-15-33(26)39-36(28)34)37(30)23-18-16-22(17-19-23)24-11-7-12-27-25-8-2-5-14-32(25)38-35(24)27/h1-21H. The molecule has 0 unspecified atom stereocenters. The fraction of sp³-hybridized carbons (Fsp3) is 0. The van der Waals surface area contributed by atoms with Crippen molar-refractivity contribution in [3.63, 3.8) is 0 Å². The van der Waals surface area contributed by atoms with Crippen LogP contribution in [0.25, 0.3) is 79.0 Å². The van der Waals surface area contributed by atoms with Crippen LogP contribution in [-0.2, 0) is 0 Å². The van der Waals surface area contributed by atoms with Gasteiger partial charge < -0.3 is 4.57 Å². The van der Waals surface area contributed by atoms with Gasteiger partial charge in [0.2, 0.25) is 0 Å². The predicted octanol–water partition coefficient (Wildman–Crippen LogP) is 11.2. The second-order valence-corrected chi connectivity index (χ2v) is 12.2. The first kappa shape index (κ1) is 21.5. The van der Waals surface area contributed by atoms with Gasteiger partial charge in [0, 0.05) is 56.8 Å². The van der Waals surface area contributed by atoms with E-state index in [1.165, 1.54) is 79.0 Å². The third-order valence-electron chi connectivity index (χ3n) is 8.02. The summed E-state index contributed by atoms with van der Waals surface area (Å²) in [5.41, 5.74) is 6.25. The van der Waals surface area contributed by atoms with E-state index in [-0.39, 0.29) is 0 Å². The van der Waals surface area contributed by atoms with Crippen LogP contribution in [0.1, 0.15) is 0 Å². The molecule has 9 rings (SSSR count). The maximum atomic E-state index is 2.43. The Morgan fingerprint density at radius 3 is 1.79 bits per heavy atom. The van der Waals surface area contributed by atoms with Gasteiger partial charge in [-0.3, -0.25) is 0 Å². The summed E-state index contributed by atoms with van der Waals surface area (Å²) in [6.45, 7) is 0. The molecule has 0 amide bonds. The summed E-state index contributed by atoms with van der Waals surface area (Å²) in [5, 5.41) is 8.03. The van der Waals surface area contributed by atoms with Crippen molar-refractivity contribution in [3.05, 3.63) is 127 Å². The van der Waals surface area contributed by atoms with E-state index in [0.717, 1.165) is 0 Å². The molecule has 3 heterocycles. The predicted molar refractivity (Wildman–Crippen MR) is 172 cm³/mol.